The van der Waals surface area contributed by atoms with Gasteiger partial charge >= 0.3 is 0 Å². The fourth-order valence-corrected chi connectivity index (χ4v) is 3.64. The highest BCUT2D eigenvalue weighted by molar-refractivity contribution is 5.82. The summed E-state index contributed by atoms with van der Waals surface area (Å²) in [6, 6.07) is -0.340. The number of rotatable bonds is 2. The first-order valence-corrected chi connectivity index (χ1v) is 6.77. The van der Waals surface area contributed by atoms with Gasteiger partial charge in [-0.1, -0.05) is 13.8 Å². The summed E-state index contributed by atoms with van der Waals surface area (Å²) in [7, 11) is 0. The Hall–Kier alpha value is -0.610. The van der Waals surface area contributed by atoms with E-state index in [-0.39, 0.29) is 17.9 Å². The van der Waals surface area contributed by atoms with Crippen LogP contribution in [-0.4, -0.2) is 42.1 Å². The molecule has 4 nitrogen and oxygen atoms in total. The molecule has 0 spiro atoms. The van der Waals surface area contributed by atoms with Gasteiger partial charge in [0.2, 0.25) is 5.91 Å². The van der Waals surface area contributed by atoms with E-state index in [1.54, 1.807) is 0 Å². The molecule has 0 aromatic carbocycles. The minimum atomic E-state index is -0.340. The van der Waals surface area contributed by atoms with E-state index in [4.69, 9.17) is 10.5 Å². The molecule has 1 amide bonds. The van der Waals surface area contributed by atoms with Crippen molar-refractivity contribution in [3.8, 4) is 0 Å². The molecular formula is C13H22N2O2. The molecule has 3 aliphatic rings. The van der Waals surface area contributed by atoms with E-state index in [9.17, 15) is 4.79 Å². The van der Waals surface area contributed by atoms with Crippen molar-refractivity contribution in [2.24, 2.45) is 23.5 Å². The lowest BCUT2D eigenvalue weighted by atomic mass is 9.82. The van der Waals surface area contributed by atoms with Gasteiger partial charge in [0.25, 0.3) is 0 Å². The van der Waals surface area contributed by atoms with Gasteiger partial charge in [-0.15, -0.1) is 0 Å². The normalized spacial score (nSPS) is 41.1. The van der Waals surface area contributed by atoms with Crippen LogP contribution in [0.1, 0.15) is 26.7 Å². The van der Waals surface area contributed by atoms with E-state index in [2.05, 4.69) is 0 Å². The number of ether oxygens (including phenoxy) is 1. The zero-order chi connectivity index (χ0) is 12.2. The third kappa shape index (κ3) is 1.69. The lowest BCUT2D eigenvalue weighted by Crippen LogP contribution is -2.46. The molecule has 3 saturated heterocycles. The summed E-state index contributed by atoms with van der Waals surface area (Å²) in [5, 5.41) is 0. The molecule has 3 aliphatic heterocycles. The summed E-state index contributed by atoms with van der Waals surface area (Å²) in [6.45, 7) is 5.74. The molecule has 4 heteroatoms. The number of hydrogen-bond acceptors (Lipinski definition) is 3. The van der Waals surface area contributed by atoms with Gasteiger partial charge in [-0.25, -0.2) is 0 Å². The van der Waals surface area contributed by atoms with Crippen LogP contribution in [0.5, 0.6) is 0 Å². The molecule has 17 heavy (non-hydrogen) atoms. The second-order valence-electron chi connectivity index (χ2n) is 6.13. The summed E-state index contributed by atoms with van der Waals surface area (Å²) in [4.78, 5) is 14.2. The summed E-state index contributed by atoms with van der Waals surface area (Å²) >= 11 is 0. The number of nitrogens with two attached hydrogens (primary N) is 1. The van der Waals surface area contributed by atoms with Gasteiger partial charge in [-0.3, -0.25) is 4.79 Å². The minimum Gasteiger partial charge on any atom is -0.374 e. The number of nitrogens with zero attached hydrogens (tertiary/aromatic N) is 1. The first-order valence-electron chi connectivity index (χ1n) is 6.77. The summed E-state index contributed by atoms with van der Waals surface area (Å²) in [6.07, 6.45) is 3.20. The molecule has 0 aliphatic carbocycles. The Morgan fingerprint density at radius 1 is 1.24 bits per heavy atom. The van der Waals surface area contributed by atoms with E-state index < -0.39 is 0 Å². The Kier molecular flexibility index (Phi) is 2.67. The molecule has 3 fully saturated rings. The van der Waals surface area contributed by atoms with E-state index >= 15 is 0 Å². The smallest absolute Gasteiger partial charge is 0.239 e. The first kappa shape index (κ1) is 11.5. The first-order chi connectivity index (χ1) is 8.08. The average Bonchev–Trinajstić information content (AvgIpc) is 2.97. The lowest BCUT2D eigenvalue weighted by molar-refractivity contribution is -0.133. The van der Waals surface area contributed by atoms with Crippen molar-refractivity contribution in [2.75, 3.05) is 13.1 Å². The molecule has 96 valence electrons. The summed E-state index contributed by atoms with van der Waals surface area (Å²) in [5.74, 6) is 1.51. The summed E-state index contributed by atoms with van der Waals surface area (Å²) in [5.41, 5.74) is 5.95. The second kappa shape index (κ2) is 3.95. The monoisotopic (exact) mass is 238 g/mol. The van der Waals surface area contributed by atoms with Crippen molar-refractivity contribution in [3.63, 3.8) is 0 Å². The van der Waals surface area contributed by atoms with Crippen molar-refractivity contribution < 1.29 is 9.53 Å². The van der Waals surface area contributed by atoms with Crippen LogP contribution in [0.25, 0.3) is 0 Å². The van der Waals surface area contributed by atoms with Crippen molar-refractivity contribution in [1.29, 1.82) is 0 Å². The maximum atomic E-state index is 12.2. The Morgan fingerprint density at radius 3 is 2.24 bits per heavy atom. The molecule has 0 saturated carbocycles. The van der Waals surface area contributed by atoms with E-state index in [0.29, 0.717) is 24.0 Å². The topological polar surface area (TPSA) is 55.6 Å². The number of amides is 1. The molecule has 0 aromatic rings. The minimum absolute atomic E-state index is 0.133. The molecule has 3 heterocycles. The van der Waals surface area contributed by atoms with E-state index in [1.165, 1.54) is 12.8 Å². The molecule has 0 radical (unpaired) electrons. The zero-order valence-electron chi connectivity index (χ0n) is 10.6. The maximum absolute atomic E-state index is 12.2. The fourth-order valence-electron chi connectivity index (χ4n) is 3.64. The van der Waals surface area contributed by atoms with Gasteiger partial charge in [-0.2, -0.15) is 0 Å². The standard InChI is InChI=1S/C13H22N2O2/c1-7(2)12(14)13(16)15-5-8-9(6-15)11-4-3-10(8)17-11/h7-12H,3-6,14H2,1-2H3/t8?,9?,10?,11?,12-/m0/s1. The highest BCUT2D eigenvalue weighted by Gasteiger charge is 2.54. The number of fused-ring (bicyclic) bond motifs is 5. The Morgan fingerprint density at radius 2 is 1.76 bits per heavy atom. The number of likely N-dealkylation sites (tertiary alicyclic amines) is 1. The highest BCUT2D eigenvalue weighted by Crippen LogP contribution is 2.47. The molecular weight excluding hydrogens is 216 g/mol. The predicted octanol–water partition coefficient (Wildman–Crippen LogP) is 0.605. The van der Waals surface area contributed by atoms with Crippen LogP contribution < -0.4 is 5.73 Å². The van der Waals surface area contributed by atoms with Crippen LogP contribution in [0.3, 0.4) is 0 Å². The van der Waals surface area contributed by atoms with Gasteiger partial charge < -0.3 is 15.4 Å². The van der Waals surface area contributed by atoms with Crippen LogP contribution >= 0.6 is 0 Å². The van der Waals surface area contributed by atoms with Crippen LogP contribution in [0.2, 0.25) is 0 Å². The van der Waals surface area contributed by atoms with Gasteiger partial charge in [0.1, 0.15) is 0 Å². The van der Waals surface area contributed by atoms with Crippen molar-refractivity contribution in [3.05, 3.63) is 0 Å². The van der Waals surface area contributed by atoms with Crippen LogP contribution in [0.15, 0.2) is 0 Å². The number of carbonyl (C=O) groups is 1. The van der Waals surface area contributed by atoms with E-state index in [0.717, 1.165) is 13.1 Å². The number of carbonyl (C=O) groups excluding carboxylic acids is 1. The molecule has 2 bridgehead atoms. The second-order valence-corrected chi connectivity index (χ2v) is 6.13. The van der Waals surface area contributed by atoms with Crippen LogP contribution in [0, 0.1) is 17.8 Å². The van der Waals surface area contributed by atoms with Crippen molar-refractivity contribution >= 4 is 5.91 Å². The quantitative estimate of drug-likeness (QED) is 0.766. The molecule has 5 atom stereocenters. The molecule has 4 unspecified atom stereocenters. The largest absolute Gasteiger partial charge is 0.374 e. The lowest BCUT2D eigenvalue weighted by Gasteiger charge is -2.24. The zero-order valence-corrected chi connectivity index (χ0v) is 10.6. The summed E-state index contributed by atoms with van der Waals surface area (Å²) < 4.78 is 5.91. The Labute approximate surface area is 102 Å². The van der Waals surface area contributed by atoms with Crippen molar-refractivity contribution in [1.82, 2.24) is 4.90 Å². The van der Waals surface area contributed by atoms with Crippen LogP contribution in [-0.2, 0) is 9.53 Å². The Balaban J connectivity index is 1.67. The van der Waals surface area contributed by atoms with Crippen LogP contribution in [0.4, 0.5) is 0 Å². The molecule has 2 N–H and O–H groups in total. The van der Waals surface area contributed by atoms with Gasteiger partial charge in [0.05, 0.1) is 18.2 Å². The third-order valence-corrected chi connectivity index (χ3v) is 4.77. The maximum Gasteiger partial charge on any atom is 0.239 e. The fraction of sp³-hybridized carbons (Fsp3) is 0.923. The SMILES string of the molecule is CC(C)[C@H](N)C(=O)N1CC2C3CCC(O3)C2C1. The third-order valence-electron chi connectivity index (χ3n) is 4.77. The Bertz CT molecular complexity index is 313. The predicted molar refractivity (Wildman–Crippen MR) is 64.3 cm³/mol. The highest BCUT2D eigenvalue weighted by atomic mass is 16.5. The number of hydrogen-bond donors (Lipinski definition) is 1. The molecule has 3 rings (SSSR count). The average molecular weight is 238 g/mol. The van der Waals surface area contributed by atoms with Gasteiger partial charge in [0.15, 0.2) is 0 Å². The molecule has 0 aromatic heterocycles. The van der Waals surface area contributed by atoms with E-state index in [1.807, 2.05) is 18.7 Å². The van der Waals surface area contributed by atoms with Gasteiger partial charge in [-0.05, 0) is 18.8 Å². The van der Waals surface area contributed by atoms with Gasteiger partial charge in [0, 0.05) is 24.9 Å². The van der Waals surface area contributed by atoms with Crippen molar-refractivity contribution in [2.45, 2.75) is 44.9 Å².